The molecular weight excluding hydrogens is 148 g/mol. The molecule has 64 valence electrons. The Labute approximate surface area is 73.4 Å². The van der Waals surface area contributed by atoms with Crippen molar-refractivity contribution >= 4 is 0 Å². The first-order valence-corrected chi connectivity index (χ1v) is 4.53. The highest BCUT2D eigenvalue weighted by Crippen LogP contribution is 2.33. The van der Waals surface area contributed by atoms with Gasteiger partial charge in [-0.3, -0.25) is 0 Å². The Morgan fingerprint density at radius 2 is 2.17 bits per heavy atom. The molecular formula is C11H14O. The monoisotopic (exact) mass is 162 g/mol. The van der Waals surface area contributed by atoms with Gasteiger partial charge in [0.15, 0.2) is 0 Å². The van der Waals surface area contributed by atoms with Gasteiger partial charge in [-0.15, -0.1) is 0 Å². The smallest absolute Gasteiger partial charge is 0.126 e. The molecule has 0 aromatic heterocycles. The molecule has 1 nitrogen and oxygen atoms in total. The molecule has 0 aliphatic carbocycles. The predicted molar refractivity (Wildman–Crippen MR) is 49.7 cm³/mol. The summed E-state index contributed by atoms with van der Waals surface area (Å²) in [7, 11) is 0. The third-order valence-corrected chi connectivity index (χ3v) is 2.37. The van der Waals surface area contributed by atoms with Gasteiger partial charge in [-0.1, -0.05) is 32.0 Å². The second kappa shape index (κ2) is 2.81. The summed E-state index contributed by atoms with van der Waals surface area (Å²) in [6.07, 6.45) is 1.08. The van der Waals surface area contributed by atoms with Crippen molar-refractivity contribution < 1.29 is 4.74 Å². The molecule has 0 spiro atoms. The van der Waals surface area contributed by atoms with Gasteiger partial charge in [-0.05, 0) is 17.0 Å². The molecule has 0 atom stereocenters. The Morgan fingerprint density at radius 3 is 2.92 bits per heavy atom. The van der Waals surface area contributed by atoms with Gasteiger partial charge < -0.3 is 4.74 Å². The zero-order chi connectivity index (χ0) is 8.55. The van der Waals surface area contributed by atoms with E-state index in [0.29, 0.717) is 5.92 Å². The molecule has 1 aliphatic rings. The zero-order valence-corrected chi connectivity index (χ0v) is 7.63. The van der Waals surface area contributed by atoms with E-state index in [9.17, 15) is 0 Å². The Kier molecular flexibility index (Phi) is 1.80. The van der Waals surface area contributed by atoms with Gasteiger partial charge in [-0.2, -0.15) is 0 Å². The molecule has 1 aromatic rings. The van der Waals surface area contributed by atoms with Gasteiger partial charge >= 0.3 is 0 Å². The average Bonchev–Trinajstić information content (AvgIpc) is 2.49. The Morgan fingerprint density at radius 1 is 1.33 bits per heavy atom. The second-order valence-electron chi connectivity index (χ2n) is 3.59. The van der Waals surface area contributed by atoms with E-state index in [1.807, 2.05) is 0 Å². The summed E-state index contributed by atoms with van der Waals surface area (Å²) in [5.74, 6) is 1.71. The molecule has 12 heavy (non-hydrogen) atoms. The first-order chi connectivity index (χ1) is 5.79. The van der Waals surface area contributed by atoms with E-state index in [4.69, 9.17) is 4.74 Å². The van der Waals surface area contributed by atoms with Gasteiger partial charge in [0.2, 0.25) is 0 Å². The van der Waals surface area contributed by atoms with Gasteiger partial charge in [0, 0.05) is 6.42 Å². The summed E-state index contributed by atoms with van der Waals surface area (Å²) in [5.41, 5.74) is 2.73. The number of hydrogen-bond donors (Lipinski definition) is 0. The van der Waals surface area contributed by atoms with Crippen molar-refractivity contribution in [2.75, 3.05) is 6.61 Å². The van der Waals surface area contributed by atoms with Crippen molar-refractivity contribution in [1.29, 1.82) is 0 Å². The Hall–Kier alpha value is -0.980. The van der Waals surface area contributed by atoms with Crippen molar-refractivity contribution in [3.63, 3.8) is 0 Å². The second-order valence-corrected chi connectivity index (χ2v) is 3.59. The van der Waals surface area contributed by atoms with E-state index in [1.54, 1.807) is 0 Å². The summed E-state index contributed by atoms with van der Waals surface area (Å²) >= 11 is 0. The van der Waals surface area contributed by atoms with Crippen LogP contribution in [0.5, 0.6) is 5.75 Å². The third kappa shape index (κ3) is 1.09. The molecule has 1 aliphatic heterocycles. The molecule has 0 amide bonds. The molecule has 0 bridgehead atoms. The maximum Gasteiger partial charge on any atom is 0.126 e. The molecule has 1 heterocycles. The van der Waals surface area contributed by atoms with Crippen LogP contribution in [0.25, 0.3) is 0 Å². The van der Waals surface area contributed by atoms with Crippen molar-refractivity contribution in [3.05, 3.63) is 29.3 Å². The van der Waals surface area contributed by atoms with E-state index in [1.165, 1.54) is 11.1 Å². The summed E-state index contributed by atoms with van der Waals surface area (Å²) < 4.78 is 5.59. The molecule has 0 unspecified atom stereocenters. The van der Waals surface area contributed by atoms with Gasteiger partial charge in [0.25, 0.3) is 0 Å². The van der Waals surface area contributed by atoms with Crippen LogP contribution in [-0.2, 0) is 6.42 Å². The standard InChI is InChI=1S/C11H14O/c1-8(2)10-5-3-4-9-6-7-12-11(9)10/h3-5,8H,6-7H2,1-2H3. The highest BCUT2D eigenvalue weighted by Gasteiger charge is 2.16. The van der Waals surface area contributed by atoms with Crippen LogP contribution < -0.4 is 4.74 Å². The predicted octanol–water partition coefficient (Wildman–Crippen LogP) is 2.74. The fourth-order valence-corrected chi connectivity index (χ4v) is 1.70. The summed E-state index contributed by atoms with van der Waals surface area (Å²) in [5, 5.41) is 0. The lowest BCUT2D eigenvalue weighted by molar-refractivity contribution is 0.352. The Balaban J connectivity index is 2.49. The van der Waals surface area contributed by atoms with Crippen LogP contribution in [0.3, 0.4) is 0 Å². The lowest BCUT2D eigenvalue weighted by Gasteiger charge is -2.10. The summed E-state index contributed by atoms with van der Waals surface area (Å²) in [6, 6.07) is 6.45. The van der Waals surface area contributed by atoms with Crippen LogP contribution in [0, 0.1) is 0 Å². The van der Waals surface area contributed by atoms with Gasteiger partial charge in [-0.25, -0.2) is 0 Å². The van der Waals surface area contributed by atoms with Crippen molar-refractivity contribution in [2.45, 2.75) is 26.2 Å². The molecule has 0 radical (unpaired) electrons. The lowest BCUT2D eigenvalue weighted by atomic mass is 9.99. The van der Waals surface area contributed by atoms with Crippen LogP contribution >= 0.6 is 0 Å². The van der Waals surface area contributed by atoms with Crippen LogP contribution in [0.15, 0.2) is 18.2 Å². The van der Waals surface area contributed by atoms with Crippen LogP contribution in [0.1, 0.15) is 30.9 Å². The van der Waals surface area contributed by atoms with E-state index in [-0.39, 0.29) is 0 Å². The molecule has 1 heteroatoms. The maximum absolute atomic E-state index is 5.59. The van der Waals surface area contributed by atoms with E-state index in [2.05, 4.69) is 32.0 Å². The highest BCUT2D eigenvalue weighted by molar-refractivity contribution is 5.45. The molecule has 0 saturated heterocycles. The first-order valence-electron chi connectivity index (χ1n) is 4.53. The Bertz CT molecular complexity index is 289. The number of para-hydroxylation sites is 1. The number of ether oxygens (including phenoxy) is 1. The van der Waals surface area contributed by atoms with Crippen LogP contribution in [0.4, 0.5) is 0 Å². The lowest BCUT2D eigenvalue weighted by Crippen LogP contribution is -1.93. The molecule has 1 aromatic carbocycles. The SMILES string of the molecule is CC(C)c1cccc2c1OCC2. The topological polar surface area (TPSA) is 9.23 Å². The van der Waals surface area contributed by atoms with Crippen molar-refractivity contribution in [2.24, 2.45) is 0 Å². The van der Waals surface area contributed by atoms with E-state index in [0.717, 1.165) is 18.8 Å². The zero-order valence-electron chi connectivity index (χ0n) is 7.63. The fraction of sp³-hybridized carbons (Fsp3) is 0.455. The third-order valence-electron chi connectivity index (χ3n) is 2.37. The molecule has 2 rings (SSSR count). The van der Waals surface area contributed by atoms with Crippen molar-refractivity contribution in [1.82, 2.24) is 0 Å². The minimum absolute atomic E-state index is 0.568. The minimum atomic E-state index is 0.568. The summed E-state index contributed by atoms with van der Waals surface area (Å²) in [6.45, 7) is 5.27. The largest absolute Gasteiger partial charge is 0.493 e. The van der Waals surface area contributed by atoms with Crippen LogP contribution in [0.2, 0.25) is 0 Å². The maximum atomic E-state index is 5.59. The molecule has 0 N–H and O–H groups in total. The highest BCUT2D eigenvalue weighted by atomic mass is 16.5. The first kappa shape index (κ1) is 7.66. The number of rotatable bonds is 1. The average molecular weight is 162 g/mol. The number of fused-ring (bicyclic) bond motifs is 1. The van der Waals surface area contributed by atoms with E-state index < -0.39 is 0 Å². The van der Waals surface area contributed by atoms with Gasteiger partial charge in [0.1, 0.15) is 5.75 Å². The van der Waals surface area contributed by atoms with Crippen LogP contribution in [-0.4, -0.2) is 6.61 Å². The summed E-state index contributed by atoms with van der Waals surface area (Å²) in [4.78, 5) is 0. The normalized spacial score (nSPS) is 14.6. The number of benzene rings is 1. The molecule has 0 saturated carbocycles. The molecule has 0 fully saturated rings. The minimum Gasteiger partial charge on any atom is -0.493 e. The quantitative estimate of drug-likeness (QED) is 0.617. The fourth-order valence-electron chi connectivity index (χ4n) is 1.70. The number of hydrogen-bond acceptors (Lipinski definition) is 1. The van der Waals surface area contributed by atoms with Gasteiger partial charge in [0.05, 0.1) is 6.61 Å². The van der Waals surface area contributed by atoms with E-state index >= 15 is 0 Å². The van der Waals surface area contributed by atoms with Crippen molar-refractivity contribution in [3.8, 4) is 5.75 Å².